The van der Waals surface area contributed by atoms with Crippen LogP contribution >= 0.6 is 0 Å². The molecule has 0 amide bonds. The Labute approximate surface area is 173 Å². The van der Waals surface area contributed by atoms with E-state index in [9.17, 15) is 18.0 Å². The van der Waals surface area contributed by atoms with Crippen molar-refractivity contribution in [2.45, 2.75) is 37.6 Å². The van der Waals surface area contributed by atoms with Crippen LogP contribution in [0.5, 0.6) is 5.75 Å². The second-order valence-electron chi connectivity index (χ2n) is 7.95. The van der Waals surface area contributed by atoms with Gasteiger partial charge in [-0.1, -0.05) is 30.3 Å². The fourth-order valence-electron chi connectivity index (χ4n) is 4.57. The van der Waals surface area contributed by atoms with Gasteiger partial charge in [0.25, 0.3) is 0 Å². The molecule has 2 fully saturated rings. The lowest BCUT2D eigenvalue weighted by Crippen LogP contribution is -2.57. The third-order valence-electron chi connectivity index (χ3n) is 6.04. The number of nitrogens with zero attached hydrogens (tertiary/aromatic N) is 1. The van der Waals surface area contributed by atoms with Crippen molar-refractivity contribution in [2.24, 2.45) is 5.92 Å². The zero-order valence-corrected chi connectivity index (χ0v) is 16.7. The number of carbonyl (C=O) groups is 1. The maximum absolute atomic E-state index is 13.4. The molecule has 0 radical (unpaired) electrons. The van der Waals surface area contributed by atoms with E-state index in [0.29, 0.717) is 26.1 Å². The van der Waals surface area contributed by atoms with Gasteiger partial charge >= 0.3 is 6.18 Å². The highest BCUT2D eigenvalue weighted by Gasteiger charge is 2.42. The zero-order valence-electron chi connectivity index (χ0n) is 16.7. The number of carbonyl (C=O) groups excluding carboxylic acids is 1. The number of ether oxygens (including phenoxy) is 2. The fraction of sp³-hybridized carbons (Fsp3) is 0.435. The number of piperidine rings is 1. The van der Waals surface area contributed by atoms with Crippen molar-refractivity contribution in [3.8, 4) is 5.75 Å². The van der Waals surface area contributed by atoms with Gasteiger partial charge in [0.2, 0.25) is 0 Å². The summed E-state index contributed by atoms with van der Waals surface area (Å²) in [7, 11) is 1.19. The Balaban J connectivity index is 1.53. The van der Waals surface area contributed by atoms with E-state index in [1.165, 1.54) is 24.8 Å². The molecule has 0 saturated carbocycles. The molecule has 2 atom stereocenters. The molecule has 7 heteroatoms. The first-order valence-electron chi connectivity index (χ1n) is 10.0. The highest BCUT2D eigenvalue weighted by molar-refractivity contribution is 5.98. The second-order valence-corrected chi connectivity index (χ2v) is 7.95. The normalized spacial score (nSPS) is 24.5. The number of morpholine rings is 1. The van der Waals surface area contributed by atoms with Gasteiger partial charge in [-0.3, -0.25) is 9.69 Å². The predicted octanol–water partition coefficient (Wildman–Crippen LogP) is 4.58. The Morgan fingerprint density at radius 1 is 1.10 bits per heavy atom. The first-order valence-corrected chi connectivity index (χ1v) is 10.0. The van der Waals surface area contributed by atoms with Crippen LogP contribution in [-0.2, 0) is 17.5 Å². The third kappa shape index (κ3) is 4.23. The number of hydrogen-bond acceptors (Lipinski definition) is 4. The van der Waals surface area contributed by atoms with E-state index in [2.05, 4.69) is 17.0 Å². The third-order valence-corrected chi connectivity index (χ3v) is 6.04. The Hall–Kier alpha value is -2.38. The van der Waals surface area contributed by atoms with Crippen LogP contribution in [0.3, 0.4) is 0 Å². The Bertz CT molecular complexity index is 886. The largest absolute Gasteiger partial charge is 0.496 e. The van der Waals surface area contributed by atoms with Crippen LogP contribution in [0.2, 0.25) is 0 Å². The lowest BCUT2D eigenvalue weighted by atomic mass is 9.80. The highest BCUT2D eigenvalue weighted by Crippen LogP contribution is 2.39. The van der Waals surface area contributed by atoms with Crippen LogP contribution in [0.25, 0.3) is 0 Å². The predicted molar refractivity (Wildman–Crippen MR) is 105 cm³/mol. The van der Waals surface area contributed by atoms with Crippen LogP contribution < -0.4 is 4.74 Å². The van der Waals surface area contributed by atoms with E-state index in [4.69, 9.17) is 9.47 Å². The summed E-state index contributed by atoms with van der Waals surface area (Å²) < 4.78 is 50.6. The SMILES string of the molecule is COc1ccc(C(=O)C2CC3COCC(C2)N3Cc2ccccc2)cc1C(F)(F)F. The summed E-state index contributed by atoms with van der Waals surface area (Å²) in [5.41, 5.74) is 0.369. The van der Waals surface area contributed by atoms with Crippen molar-refractivity contribution in [3.63, 3.8) is 0 Å². The zero-order chi connectivity index (χ0) is 21.3. The van der Waals surface area contributed by atoms with Crippen molar-refractivity contribution in [1.82, 2.24) is 4.90 Å². The van der Waals surface area contributed by atoms with Crippen molar-refractivity contribution in [3.05, 3.63) is 65.2 Å². The topological polar surface area (TPSA) is 38.8 Å². The van der Waals surface area contributed by atoms with Crippen LogP contribution in [-0.4, -0.2) is 43.1 Å². The summed E-state index contributed by atoms with van der Waals surface area (Å²) in [5, 5.41) is 0. The Morgan fingerprint density at radius 3 is 2.37 bits per heavy atom. The summed E-state index contributed by atoms with van der Waals surface area (Å²) in [4.78, 5) is 15.5. The molecule has 160 valence electrons. The van der Waals surface area contributed by atoms with Gasteiger partial charge in [-0.05, 0) is 36.6 Å². The second kappa shape index (κ2) is 8.40. The minimum atomic E-state index is -4.58. The molecule has 0 spiro atoms. The molecule has 2 aromatic rings. The number of halogens is 3. The Morgan fingerprint density at radius 2 is 1.77 bits per heavy atom. The number of rotatable bonds is 5. The average molecular weight is 419 g/mol. The van der Waals surface area contributed by atoms with E-state index in [-0.39, 0.29) is 35.1 Å². The molecule has 2 bridgehead atoms. The van der Waals surface area contributed by atoms with Crippen LogP contribution in [0.1, 0.15) is 34.3 Å². The quantitative estimate of drug-likeness (QED) is 0.666. The molecule has 4 nitrogen and oxygen atoms in total. The maximum atomic E-state index is 13.4. The van der Waals surface area contributed by atoms with Gasteiger partial charge in [0.1, 0.15) is 5.75 Å². The Kier molecular flexibility index (Phi) is 5.84. The van der Waals surface area contributed by atoms with Gasteiger partial charge in [-0.2, -0.15) is 13.2 Å². The molecule has 4 rings (SSSR count). The van der Waals surface area contributed by atoms with E-state index in [1.54, 1.807) is 0 Å². The van der Waals surface area contributed by atoms with Gasteiger partial charge < -0.3 is 9.47 Å². The van der Waals surface area contributed by atoms with Crippen LogP contribution in [0.4, 0.5) is 13.2 Å². The highest BCUT2D eigenvalue weighted by atomic mass is 19.4. The molecule has 0 aliphatic carbocycles. The first-order chi connectivity index (χ1) is 14.4. The smallest absolute Gasteiger partial charge is 0.419 e. The molecular formula is C23H24F3NO3. The monoisotopic (exact) mass is 419 g/mol. The van der Waals surface area contributed by atoms with Crippen molar-refractivity contribution in [1.29, 1.82) is 0 Å². The lowest BCUT2D eigenvalue weighted by molar-refractivity contribution is -0.138. The molecule has 2 aromatic carbocycles. The molecule has 30 heavy (non-hydrogen) atoms. The van der Waals surface area contributed by atoms with Crippen LogP contribution in [0, 0.1) is 5.92 Å². The molecule has 2 heterocycles. The summed E-state index contributed by atoms with van der Waals surface area (Å²) in [6.07, 6.45) is -3.42. The van der Waals surface area contributed by atoms with Gasteiger partial charge in [-0.25, -0.2) is 0 Å². The van der Waals surface area contributed by atoms with Gasteiger partial charge in [-0.15, -0.1) is 0 Å². The molecule has 0 N–H and O–H groups in total. The standard InChI is InChI=1S/C23H24F3NO3/c1-29-21-8-7-16(11-20(21)23(24,25)26)22(28)17-9-18-13-30-14-19(10-17)27(18)12-15-5-3-2-4-6-15/h2-8,11,17-19H,9-10,12-14H2,1H3. The molecule has 0 aromatic heterocycles. The van der Waals surface area contributed by atoms with E-state index in [0.717, 1.165) is 12.6 Å². The van der Waals surface area contributed by atoms with Gasteiger partial charge in [0, 0.05) is 30.1 Å². The van der Waals surface area contributed by atoms with Crippen LogP contribution in [0.15, 0.2) is 48.5 Å². The van der Waals surface area contributed by atoms with Crippen molar-refractivity contribution < 1.29 is 27.4 Å². The summed E-state index contributed by atoms with van der Waals surface area (Å²) in [6.45, 7) is 1.84. The molecule has 2 aliphatic rings. The van der Waals surface area contributed by atoms with Crippen molar-refractivity contribution >= 4 is 5.78 Å². The number of ketones is 1. The number of hydrogen-bond donors (Lipinski definition) is 0. The molecule has 2 unspecified atom stereocenters. The van der Waals surface area contributed by atoms with E-state index < -0.39 is 11.7 Å². The summed E-state index contributed by atoms with van der Waals surface area (Å²) >= 11 is 0. The minimum Gasteiger partial charge on any atom is -0.496 e. The molecular weight excluding hydrogens is 395 g/mol. The minimum absolute atomic E-state index is 0.0759. The number of benzene rings is 2. The van der Waals surface area contributed by atoms with Gasteiger partial charge in [0.05, 0.1) is 25.9 Å². The van der Waals surface area contributed by atoms with E-state index in [1.807, 2.05) is 18.2 Å². The number of Topliss-reactive ketones (excluding diaryl/α,β-unsaturated/α-hetero) is 1. The van der Waals surface area contributed by atoms with E-state index >= 15 is 0 Å². The number of alkyl halides is 3. The number of fused-ring (bicyclic) bond motifs is 2. The summed E-state index contributed by atoms with van der Waals surface area (Å²) in [6, 6.07) is 13.8. The summed E-state index contributed by atoms with van der Waals surface area (Å²) in [5.74, 6) is -0.827. The molecule has 2 aliphatic heterocycles. The first kappa shape index (κ1) is 20.9. The average Bonchev–Trinajstić information content (AvgIpc) is 2.72. The van der Waals surface area contributed by atoms with Gasteiger partial charge in [0.15, 0.2) is 5.78 Å². The lowest BCUT2D eigenvalue weighted by Gasteiger charge is -2.48. The maximum Gasteiger partial charge on any atom is 0.419 e. The number of methoxy groups -OCH3 is 1. The fourth-order valence-corrected chi connectivity index (χ4v) is 4.57. The molecule has 2 saturated heterocycles. The van der Waals surface area contributed by atoms with Crippen molar-refractivity contribution in [2.75, 3.05) is 20.3 Å².